The number of benzene rings is 2. The molecule has 2 heterocycles. The number of rotatable bonds is 5. The van der Waals surface area contributed by atoms with Crippen molar-refractivity contribution in [2.45, 2.75) is 12.7 Å². The van der Waals surface area contributed by atoms with Gasteiger partial charge >= 0.3 is 11.9 Å². The van der Waals surface area contributed by atoms with Crippen LogP contribution in [0.15, 0.2) is 65.6 Å². The van der Waals surface area contributed by atoms with Crippen molar-refractivity contribution in [2.75, 3.05) is 0 Å². The van der Waals surface area contributed by atoms with Gasteiger partial charge in [-0.3, -0.25) is 4.68 Å². The Hall–Kier alpha value is -3.36. The fraction of sp³-hybridized carbons (Fsp3) is 0.0870. The van der Waals surface area contributed by atoms with Crippen LogP contribution >= 0.6 is 23.2 Å². The number of halogens is 5. The van der Waals surface area contributed by atoms with Gasteiger partial charge in [0.2, 0.25) is 0 Å². The van der Waals surface area contributed by atoms with Crippen molar-refractivity contribution in [3.05, 3.63) is 104 Å². The largest absolute Gasteiger partial charge is 0.431 e. The molecule has 0 bridgehead atoms. The summed E-state index contributed by atoms with van der Waals surface area (Å²) < 4.78 is 40.7. The smallest absolute Gasteiger partial charge is 0.302 e. The first-order valence-corrected chi connectivity index (χ1v) is 10.4. The van der Waals surface area contributed by atoms with Crippen LogP contribution in [0.3, 0.4) is 0 Å². The second-order valence-corrected chi connectivity index (χ2v) is 7.93. The van der Waals surface area contributed by atoms with Gasteiger partial charge < -0.3 is 4.98 Å². The van der Waals surface area contributed by atoms with E-state index in [0.717, 1.165) is 17.2 Å². The highest BCUT2D eigenvalue weighted by molar-refractivity contribution is 6.35. The first-order chi connectivity index (χ1) is 15.7. The molecule has 0 radical (unpaired) electrons. The number of aromatic amines is 1. The van der Waals surface area contributed by atoms with E-state index in [2.05, 4.69) is 10.1 Å². The minimum Gasteiger partial charge on any atom is -0.302 e. The molecule has 0 aliphatic heterocycles. The molecule has 0 amide bonds. The predicted molar refractivity (Wildman–Crippen MR) is 122 cm³/mol. The molecule has 4 aromatic rings. The predicted octanol–water partition coefficient (Wildman–Crippen LogP) is 6.18. The van der Waals surface area contributed by atoms with Crippen LogP contribution in [0.25, 0.3) is 23.4 Å². The summed E-state index contributed by atoms with van der Waals surface area (Å²) in [5.41, 5.74) is 0.468. The van der Waals surface area contributed by atoms with Crippen LogP contribution in [0.5, 0.6) is 0 Å². The lowest BCUT2D eigenvalue weighted by Gasteiger charge is -2.05. The first kappa shape index (κ1) is 22.8. The molecule has 2 aromatic heterocycles. The van der Waals surface area contributed by atoms with Crippen LogP contribution in [-0.4, -0.2) is 19.7 Å². The fourth-order valence-corrected chi connectivity index (χ4v) is 3.64. The van der Waals surface area contributed by atoms with Gasteiger partial charge in [0.05, 0.1) is 17.9 Å². The van der Waals surface area contributed by atoms with Gasteiger partial charge in [-0.25, -0.2) is 4.79 Å². The number of nitrogens with zero attached hydrogens (tertiary/aromatic N) is 3. The van der Waals surface area contributed by atoms with Crippen LogP contribution in [0, 0.1) is 0 Å². The van der Waals surface area contributed by atoms with Crippen LogP contribution in [0.2, 0.25) is 10.0 Å². The second kappa shape index (κ2) is 9.25. The third-order valence-electron chi connectivity index (χ3n) is 4.69. The van der Waals surface area contributed by atoms with Gasteiger partial charge in [0.25, 0.3) is 0 Å². The van der Waals surface area contributed by atoms with E-state index in [-0.39, 0.29) is 5.69 Å². The maximum absolute atomic E-state index is 13.0. The van der Waals surface area contributed by atoms with Gasteiger partial charge in [0.1, 0.15) is 5.69 Å². The normalized spacial score (nSPS) is 11.9. The zero-order valence-electron chi connectivity index (χ0n) is 16.8. The average Bonchev–Trinajstić information content (AvgIpc) is 3.17. The molecule has 0 aliphatic rings. The van der Waals surface area contributed by atoms with Crippen molar-refractivity contribution in [1.82, 2.24) is 19.7 Å². The number of hydrogen-bond donors (Lipinski definition) is 1. The molecule has 0 fully saturated rings. The molecule has 0 aliphatic carbocycles. The maximum Gasteiger partial charge on any atom is 0.431 e. The van der Waals surface area contributed by atoms with E-state index >= 15 is 0 Å². The maximum atomic E-state index is 13.0. The highest BCUT2D eigenvalue weighted by atomic mass is 35.5. The number of hydrogen-bond acceptors (Lipinski definition) is 3. The summed E-state index contributed by atoms with van der Waals surface area (Å²) in [5, 5.41) is 5.64. The Kier molecular flexibility index (Phi) is 6.40. The number of alkyl halides is 3. The average molecular weight is 491 g/mol. The summed E-state index contributed by atoms with van der Waals surface area (Å²) in [5.74, 6) is 0. The summed E-state index contributed by atoms with van der Waals surface area (Å²) in [6.45, 7) is 0.352. The standard InChI is InChI=1S/C23H15Cl2F3N4O/c24-17-8-6-15(19(25)10-17)12-32-13-16(21(31-32)14-4-2-1-3-5-14)7-9-18-11-20(23(26,27)28)30-22(33)29-18/h1-11,13H,12H2,(H,29,30,33)/b9-7+. The molecule has 168 valence electrons. The lowest BCUT2D eigenvalue weighted by atomic mass is 10.1. The molecule has 0 spiro atoms. The summed E-state index contributed by atoms with van der Waals surface area (Å²) in [7, 11) is 0. The van der Waals surface area contributed by atoms with Crippen molar-refractivity contribution in [3.8, 4) is 11.3 Å². The Morgan fingerprint density at radius 1 is 1.03 bits per heavy atom. The molecule has 1 N–H and O–H groups in total. The Balaban J connectivity index is 1.73. The Morgan fingerprint density at radius 3 is 2.48 bits per heavy atom. The van der Waals surface area contributed by atoms with E-state index in [1.807, 2.05) is 30.3 Å². The van der Waals surface area contributed by atoms with E-state index in [0.29, 0.717) is 27.8 Å². The summed E-state index contributed by atoms with van der Waals surface area (Å²) in [6.07, 6.45) is -0.0466. The molecule has 10 heteroatoms. The number of nitrogens with one attached hydrogen (secondary N) is 1. The van der Waals surface area contributed by atoms with Gasteiger partial charge in [-0.15, -0.1) is 0 Å². The van der Waals surface area contributed by atoms with E-state index in [9.17, 15) is 18.0 Å². The van der Waals surface area contributed by atoms with E-state index in [4.69, 9.17) is 23.2 Å². The third-order valence-corrected chi connectivity index (χ3v) is 5.28. The van der Waals surface area contributed by atoms with Gasteiger partial charge in [-0.05, 0) is 35.9 Å². The first-order valence-electron chi connectivity index (χ1n) is 9.62. The van der Waals surface area contributed by atoms with Crippen LogP contribution in [0.4, 0.5) is 13.2 Å². The lowest BCUT2D eigenvalue weighted by molar-refractivity contribution is -0.141. The Bertz CT molecular complexity index is 1380. The molecular weight excluding hydrogens is 476 g/mol. The van der Waals surface area contributed by atoms with Gasteiger partial charge in [0, 0.05) is 27.4 Å². The number of H-pyrrole nitrogens is 1. The quantitative estimate of drug-likeness (QED) is 0.363. The van der Waals surface area contributed by atoms with Gasteiger partial charge in [-0.2, -0.15) is 23.3 Å². The summed E-state index contributed by atoms with van der Waals surface area (Å²) in [6, 6.07) is 15.2. The van der Waals surface area contributed by atoms with Crippen LogP contribution < -0.4 is 5.69 Å². The minimum absolute atomic E-state index is 0.126. The monoisotopic (exact) mass is 490 g/mol. The van der Waals surface area contributed by atoms with Crippen molar-refractivity contribution in [1.29, 1.82) is 0 Å². The van der Waals surface area contributed by atoms with Crippen molar-refractivity contribution >= 4 is 35.4 Å². The topological polar surface area (TPSA) is 63.6 Å². The van der Waals surface area contributed by atoms with Crippen molar-refractivity contribution in [3.63, 3.8) is 0 Å². The van der Waals surface area contributed by atoms with Crippen LogP contribution in [0.1, 0.15) is 22.5 Å². The highest BCUT2D eigenvalue weighted by Crippen LogP contribution is 2.28. The van der Waals surface area contributed by atoms with Crippen molar-refractivity contribution in [2.24, 2.45) is 0 Å². The SMILES string of the molecule is O=c1nc(/C=C/c2cn(Cc3ccc(Cl)cc3Cl)nc2-c2ccccc2)cc(C(F)(F)F)[nH]1. The highest BCUT2D eigenvalue weighted by Gasteiger charge is 2.32. The van der Waals surface area contributed by atoms with Crippen molar-refractivity contribution < 1.29 is 13.2 Å². The van der Waals surface area contributed by atoms with E-state index < -0.39 is 17.6 Å². The van der Waals surface area contributed by atoms with Crippen LogP contribution in [-0.2, 0) is 12.7 Å². The van der Waals surface area contributed by atoms with Gasteiger partial charge in [0.15, 0.2) is 0 Å². The summed E-state index contributed by atoms with van der Waals surface area (Å²) in [4.78, 5) is 16.9. The molecule has 2 aromatic carbocycles. The Morgan fingerprint density at radius 2 is 1.79 bits per heavy atom. The molecule has 33 heavy (non-hydrogen) atoms. The van der Waals surface area contributed by atoms with Gasteiger partial charge in [-0.1, -0.05) is 59.6 Å². The molecule has 0 atom stereocenters. The molecular formula is C23H15Cl2F3N4O. The second-order valence-electron chi connectivity index (χ2n) is 7.09. The Labute approximate surface area is 196 Å². The zero-order chi connectivity index (χ0) is 23.6. The molecule has 0 unspecified atom stereocenters. The third kappa shape index (κ3) is 5.53. The number of aromatic nitrogens is 4. The fourth-order valence-electron chi connectivity index (χ4n) is 3.17. The zero-order valence-corrected chi connectivity index (χ0v) is 18.3. The molecule has 4 rings (SSSR count). The lowest BCUT2D eigenvalue weighted by Crippen LogP contribution is -2.19. The van der Waals surface area contributed by atoms with E-state index in [1.54, 1.807) is 40.1 Å². The minimum atomic E-state index is -4.69. The molecule has 0 saturated carbocycles. The van der Waals surface area contributed by atoms with E-state index in [1.165, 1.54) is 6.08 Å². The summed E-state index contributed by atoms with van der Waals surface area (Å²) >= 11 is 12.2. The molecule has 0 saturated heterocycles. The molecule has 5 nitrogen and oxygen atoms in total.